The van der Waals surface area contributed by atoms with E-state index in [9.17, 15) is 0 Å². The van der Waals surface area contributed by atoms with Crippen LogP contribution < -0.4 is 10.6 Å². The quantitative estimate of drug-likeness (QED) is 0.542. The number of hydrogen-bond donors (Lipinski definition) is 2. The van der Waals surface area contributed by atoms with Gasteiger partial charge in [0.15, 0.2) is 5.16 Å². The van der Waals surface area contributed by atoms with Crippen LogP contribution in [0.1, 0.15) is 6.42 Å². The fraction of sp³-hybridized carbons (Fsp3) is 0.625. The van der Waals surface area contributed by atoms with Gasteiger partial charge in [-0.15, -0.1) is 0 Å². The Morgan fingerprint density at radius 1 is 1.33 bits per heavy atom. The van der Waals surface area contributed by atoms with Gasteiger partial charge in [0.05, 0.1) is 0 Å². The van der Waals surface area contributed by atoms with Crippen molar-refractivity contribution < 1.29 is 5.11 Å². The monoisotopic (exact) mass is 229 g/mol. The van der Waals surface area contributed by atoms with Crippen molar-refractivity contribution in [2.24, 2.45) is 0 Å². The third-order valence-electron chi connectivity index (χ3n) is 1.55. The first-order valence-corrected chi connectivity index (χ1v) is 5.54. The van der Waals surface area contributed by atoms with Crippen molar-refractivity contribution in [1.29, 1.82) is 0 Å². The van der Waals surface area contributed by atoms with Crippen molar-refractivity contribution in [3.63, 3.8) is 0 Å². The average molecular weight is 229 g/mol. The Balaban J connectivity index is 2.71. The second-order valence-electron chi connectivity index (χ2n) is 3.10. The molecule has 1 rings (SSSR count). The van der Waals surface area contributed by atoms with E-state index in [1.54, 1.807) is 4.90 Å². The minimum atomic E-state index is 0.175. The van der Waals surface area contributed by atoms with Crippen LogP contribution in [0.3, 0.4) is 0 Å². The molecule has 0 saturated carbocycles. The van der Waals surface area contributed by atoms with Gasteiger partial charge in [-0.25, -0.2) is 0 Å². The van der Waals surface area contributed by atoms with E-state index in [-0.39, 0.29) is 12.6 Å². The second kappa shape index (κ2) is 5.72. The highest BCUT2D eigenvalue weighted by Gasteiger charge is 2.05. The van der Waals surface area contributed by atoms with E-state index in [1.807, 2.05) is 14.1 Å². The van der Waals surface area contributed by atoms with Gasteiger partial charge in [-0.1, -0.05) is 11.8 Å². The normalized spacial score (nSPS) is 10.3. The average Bonchev–Trinajstić information content (AvgIpc) is 2.17. The Hall–Kier alpha value is -1.08. The van der Waals surface area contributed by atoms with Crippen LogP contribution in [-0.4, -0.2) is 46.5 Å². The summed E-state index contributed by atoms with van der Waals surface area (Å²) in [6.45, 7) is 0.175. The van der Waals surface area contributed by atoms with Gasteiger partial charge in [-0.2, -0.15) is 15.0 Å². The molecule has 6 nitrogen and oxygen atoms in total. The first kappa shape index (κ1) is 12.0. The van der Waals surface area contributed by atoms with E-state index in [2.05, 4.69) is 15.0 Å². The molecule has 0 bridgehead atoms. The van der Waals surface area contributed by atoms with Gasteiger partial charge in [-0.05, 0) is 6.42 Å². The maximum absolute atomic E-state index is 8.64. The van der Waals surface area contributed by atoms with Crippen molar-refractivity contribution in [2.75, 3.05) is 37.1 Å². The molecular formula is C8H15N5OS. The third kappa shape index (κ3) is 3.88. The summed E-state index contributed by atoms with van der Waals surface area (Å²) in [5.74, 6) is 1.54. The van der Waals surface area contributed by atoms with Gasteiger partial charge >= 0.3 is 0 Å². The molecule has 0 aliphatic rings. The van der Waals surface area contributed by atoms with Crippen LogP contribution in [0.5, 0.6) is 0 Å². The SMILES string of the molecule is CN(C)c1nc(N)nc(SCCCO)n1. The summed E-state index contributed by atoms with van der Waals surface area (Å²) in [5.41, 5.74) is 5.55. The van der Waals surface area contributed by atoms with Crippen molar-refractivity contribution in [3.8, 4) is 0 Å². The number of nitrogens with zero attached hydrogens (tertiary/aromatic N) is 4. The molecule has 0 spiro atoms. The molecule has 0 fully saturated rings. The summed E-state index contributed by atoms with van der Waals surface area (Å²) >= 11 is 1.46. The number of aromatic nitrogens is 3. The van der Waals surface area contributed by atoms with Crippen molar-refractivity contribution in [1.82, 2.24) is 15.0 Å². The number of anilines is 2. The van der Waals surface area contributed by atoms with Crippen molar-refractivity contribution in [3.05, 3.63) is 0 Å². The molecule has 0 radical (unpaired) electrons. The number of nitrogen functional groups attached to an aromatic ring is 1. The Labute approximate surface area is 92.9 Å². The molecule has 1 heterocycles. The van der Waals surface area contributed by atoms with E-state index in [4.69, 9.17) is 10.8 Å². The van der Waals surface area contributed by atoms with Crippen LogP contribution in [0.15, 0.2) is 5.16 Å². The standard InChI is InChI=1S/C8H15N5OS/c1-13(2)7-10-6(9)11-8(12-7)15-5-3-4-14/h14H,3-5H2,1-2H3,(H2,9,10,11,12). The zero-order chi connectivity index (χ0) is 11.3. The highest BCUT2D eigenvalue weighted by molar-refractivity contribution is 7.99. The van der Waals surface area contributed by atoms with Crippen LogP contribution in [-0.2, 0) is 0 Å². The number of aliphatic hydroxyl groups excluding tert-OH is 1. The highest BCUT2D eigenvalue weighted by Crippen LogP contribution is 2.16. The number of rotatable bonds is 5. The lowest BCUT2D eigenvalue weighted by atomic mass is 10.5. The molecule has 3 N–H and O–H groups in total. The molecule has 1 aromatic heterocycles. The molecule has 0 aliphatic carbocycles. The fourth-order valence-electron chi connectivity index (χ4n) is 0.854. The van der Waals surface area contributed by atoms with E-state index < -0.39 is 0 Å². The first-order valence-electron chi connectivity index (χ1n) is 4.56. The summed E-state index contributed by atoms with van der Waals surface area (Å²) in [4.78, 5) is 14.0. The number of aliphatic hydroxyl groups is 1. The van der Waals surface area contributed by atoms with Gasteiger partial charge in [0, 0.05) is 26.5 Å². The van der Waals surface area contributed by atoms with Gasteiger partial charge < -0.3 is 15.7 Å². The van der Waals surface area contributed by atoms with E-state index in [0.29, 0.717) is 17.5 Å². The summed E-state index contributed by atoms with van der Waals surface area (Å²) in [7, 11) is 3.69. The van der Waals surface area contributed by atoms with E-state index >= 15 is 0 Å². The highest BCUT2D eigenvalue weighted by atomic mass is 32.2. The van der Waals surface area contributed by atoms with Crippen LogP contribution >= 0.6 is 11.8 Å². The molecule has 0 atom stereocenters. The zero-order valence-electron chi connectivity index (χ0n) is 8.84. The zero-order valence-corrected chi connectivity index (χ0v) is 9.66. The minimum absolute atomic E-state index is 0.175. The minimum Gasteiger partial charge on any atom is -0.396 e. The number of thioether (sulfide) groups is 1. The lowest BCUT2D eigenvalue weighted by molar-refractivity contribution is 0.296. The maximum atomic E-state index is 8.64. The Morgan fingerprint density at radius 2 is 2.07 bits per heavy atom. The Bertz CT molecular complexity index is 320. The molecule has 0 saturated heterocycles. The third-order valence-corrected chi connectivity index (χ3v) is 2.49. The molecule has 84 valence electrons. The topological polar surface area (TPSA) is 88.2 Å². The fourth-order valence-corrected chi connectivity index (χ4v) is 1.61. The van der Waals surface area contributed by atoms with Crippen LogP contribution in [0.25, 0.3) is 0 Å². The summed E-state index contributed by atoms with van der Waals surface area (Å²) in [5, 5.41) is 9.24. The first-order chi connectivity index (χ1) is 7.13. The van der Waals surface area contributed by atoms with Crippen molar-refractivity contribution in [2.45, 2.75) is 11.6 Å². The molecule has 7 heteroatoms. The lowest BCUT2D eigenvalue weighted by Gasteiger charge is -2.10. The van der Waals surface area contributed by atoms with Crippen molar-refractivity contribution >= 4 is 23.7 Å². The van der Waals surface area contributed by atoms with Crippen LogP contribution in [0.2, 0.25) is 0 Å². The molecular weight excluding hydrogens is 214 g/mol. The Kier molecular flexibility index (Phi) is 4.57. The largest absolute Gasteiger partial charge is 0.396 e. The summed E-state index contributed by atoms with van der Waals surface area (Å²) in [6.07, 6.45) is 0.716. The molecule has 0 amide bonds. The lowest BCUT2D eigenvalue weighted by Crippen LogP contribution is -2.15. The molecule has 0 unspecified atom stereocenters. The molecule has 0 aliphatic heterocycles. The predicted octanol–water partition coefficient (Wildman–Crippen LogP) is -0.00570. The van der Waals surface area contributed by atoms with Gasteiger partial charge in [0.1, 0.15) is 0 Å². The molecule has 15 heavy (non-hydrogen) atoms. The van der Waals surface area contributed by atoms with E-state index in [1.165, 1.54) is 11.8 Å². The predicted molar refractivity (Wildman–Crippen MR) is 61.0 cm³/mol. The van der Waals surface area contributed by atoms with Crippen LogP contribution in [0.4, 0.5) is 11.9 Å². The second-order valence-corrected chi connectivity index (χ2v) is 4.16. The van der Waals surface area contributed by atoms with Gasteiger partial charge in [0.25, 0.3) is 0 Å². The molecule has 0 aromatic carbocycles. The van der Waals surface area contributed by atoms with Gasteiger partial charge in [0.2, 0.25) is 11.9 Å². The van der Waals surface area contributed by atoms with Crippen LogP contribution in [0, 0.1) is 0 Å². The molecule has 1 aromatic rings. The summed E-state index contributed by atoms with van der Waals surface area (Å²) < 4.78 is 0. The van der Waals surface area contributed by atoms with E-state index in [0.717, 1.165) is 5.75 Å². The van der Waals surface area contributed by atoms with Gasteiger partial charge in [-0.3, -0.25) is 0 Å². The summed E-state index contributed by atoms with van der Waals surface area (Å²) in [6, 6.07) is 0. The maximum Gasteiger partial charge on any atom is 0.230 e. The Morgan fingerprint density at radius 3 is 2.67 bits per heavy atom. The number of hydrogen-bond acceptors (Lipinski definition) is 7. The smallest absolute Gasteiger partial charge is 0.230 e. The number of nitrogens with two attached hydrogens (primary N) is 1.